The van der Waals surface area contributed by atoms with Crippen molar-refractivity contribution in [3.63, 3.8) is 0 Å². The number of carbonyl (C=O) groups is 1. The maximum Gasteiger partial charge on any atom is 0.312 e. The Morgan fingerprint density at radius 3 is 3.00 bits per heavy atom. The van der Waals surface area contributed by atoms with Gasteiger partial charge in [0.25, 0.3) is 0 Å². The molecule has 0 bridgehead atoms. The summed E-state index contributed by atoms with van der Waals surface area (Å²) in [5.74, 6) is 0.0630. The smallest absolute Gasteiger partial charge is 0.312 e. The number of esters is 1. The van der Waals surface area contributed by atoms with Gasteiger partial charge in [0.1, 0.15) is 0 Å². The maximum absolute atomic E-state index is 11.6. The minimum atomic E-state index is -0.478. The number of hydrogen-bond acceptors (Lipinski definition) is 3. The number of ether oxygens (including phenoxy) is 1. The average molecular weight is 194 g/mol. The lowest BCUT2D eigenvalue weighted by molar-refractivity contribution is -0.153. The zero-order valence-electron chi connectivity index (χ0n) is 8.14. The standard InChI is InChI=1S/C11H14O3/c1-2-14-10(13)8-6-3-4-11(6)5-7(11)9(8)12/h3-4,6-9,12H,2,5H2,1H3. The highest BCUT2D eigenvalue weighted by atomic mass is 16.5. The molecule has 14 heavy (non-hydrogen) atoms. The lowest BCUT2D eigenvalue weighted by atomic mass is 9.75. The second-order valence-electron chi connectivity index (χ2n) is 4.58. The predicted molar refractivity (Wildman–Crippen MR) is 49.3 cm³/mol. The number of aliphatic hydroxyl groups excluding tert-OH is 1. The molecular formula is C11H14O3. The summed E-state index contributed by atoms with van der Waals surface area (Å²) < 4.78 is 4.98. The highest BCUT2D eigenvalue weighted by Crippen LogP contribution is 2.73. The molecule has 0 aromatic heterocycles. The molecule has 1 N–H and O–H groups in total. The van der Waals surface area contributed by atoms with Crippen LogP contribution in [0.25, 0.3) is 0 Å². The Hall–Kier alpha value is -0.830. The molecule has 5 unspecified atom stereocenters. The Morgan fingerprint density at radius 1 is 1.71 bits per heavy atom. The Balaban J connectivity index is 1.82. The molecule has 0 aromatic rings. The molecule has 0 amide bonds. The van der Waals surface area contributed by atoms with Gasteiger partial charge < -0.3 is 9.84 Å². The molecule has 3 nitrogen and oxygen atoms in total. The summed E-state index contributed by atoms with van der Waals surface area (Å²) in [6.07, 6.45) is 4.79. The third-order valence-corrected chi connectivity index (χ3v) is 4.06. The minimum absolute atomic E-state index is 0.191. The molecule has 76 valence electrons. The van der Waals surface area contributed by atoms with Gasteiger partial charge >= 0.3 is 5.97 Å². The number of hydrogen-bond donors (Lipinski definition) is 1. The molecule has 2 saturated carbocycles. The van der Waals surface area contributed by atoms with Gasteiger partial charge in [-0.3, -0.25) is 4.79 Å². The van der Waals surface area contributed by atoms with Gasteiger partial charge in [0, 0.05) is 11.3 Å². The summed E-state index contributed by atoms with van der Waals surface area (Å²) in [5.41, 5.74) is 0.191. The van der Waals surface area contributed by atoms with Crippen LogP contribution in [0, 0.1) is 23.2 Å². The Kier molecular flexibility index (Phi) is 1.45. The molecule has 0 aromatic carbocycles. The monoisotopic (exact) mass is 194 g/mol. The molecule has 0 saturated heterocycles. The number of carbonyl (C=O) groups excluding carboxylic acids is 1. The molecule has 2 fully saturated rings. The second kappa shape index (κ2) is 2.40. The van der Waals surface area contributed by atoms with Crippen molar-refractivity contribution < 1.29 is 14.6 Å². The molecule has 1 spiro atoms. The van der Waals surface area contributed by atoms with Gasteiger partial charge in [0.05, 0.1) is 18.6 Å². The van der Waals surface area contributed by atoms with E-state index in [0.717, 1.165) is 6.42 Å². The van der Waals surface area contributed by atoms with E-state index in [2.05, 4.69) is 12.2 Å². The van der Waals surface area contributed by atoms with Gasteiger partial charge in [-0.2, -0.15) is 0 Å². The third-order valence-electron chi connectivity index (χ3n) is 4.06. The molecule has 3 aliphatic rings. The Labute approximate surface area is 82.8 Å². The number of rotatable bonds is 2. The van der Waals surface area contributed by atoms with Gasteiger partial charge in [-0.05, 0) is 19.3 Å². The highest BCUT2D eigenvalue weighted by molar-refractivity contribution is 5.76. The van der Waals surface area contributed by atoms with Gasteiger partial charge in [-0.1, -0.05) is 12.2 Å². The minimum Gasteiger partial charge on any atom is -0.466 e. The van der Waals surface area contributed by atoms with Crippen molar-refractivity contribution >= 4 is 5.97 Å². The van der Waals surface area contributed by atoms with Crippen LogP contribution in [0.5, 0.6) is 0 Å². The van der Waals surface area contributed by atoms with E-state index in [-0.39, 0.29) is 23.2 Å². The average Bonchev–Trinajstić information content (AvgIpc) is 2.84. The fourth-order valence-electron chi connectivity index (χ4n) is 3.23. The topological polar surface area (TPSA) is 46.5 Å². The van der Waals surface area contributed by atoms with Crippen molar-refractivity contribution in [3.05, 3.63) is 12.2 Å². The van der Waals surface area contributed by atoms with Crippen LogP contribution in [-0.4, -0.2) is 23.8 Å². The number of aliphatic hydroxyl groups is 1. The summed E-state index contributed by atoms with van der Waals surface area (Å²) in [6, 6.07) is 0. The van der Waals surface area contributed by atoms with E-state index in [1.807, 2.05) is 0 Å². The van der Waals surface area contributed by atoms with E-state index in [1.54, 1.807) is 6.92 Å². The van der Waals surface area contributed by atoms with E-state index in [0.29, 0.717) is 12.5 Å². The third kappa shape index (κ3) is 0.753. The molecule has 5 atom stereocenters. The Bertz CT molecular complexity index is 322. The van der Waals surface area contributed by atoms with Crippen molar-refractivity contribution in [1.82, 2.24) is 0 Å². The van der Waals surface area contributed by atoms with Crippen molar-refractivity contribution in [2.24, 2.45) is 23.2 Å². The SMILES string of the molecule is CCOC(=O)C1C(O)C2CC23C=CC13. The van der Waals surface area contributed by atoms with Crippen LogP contribution >= 0.6 is 0 Å². The second-order valence-corrected chi connectivity index (χ2v) is 4.58. The Morgan fingerprint density at radius 2 is 2.50 bits per heavy atom. The molecule has 0 aliphatic heterocycles. The summed E-state index contributed by atoms with van der Waals surface area (Å²) in [6.45, 7) is 2.20. The molecule has 0 radical (unpaired) electrons. The molecular weight excluding hydrogens is 180 g/mol. The van der Waals surface area contributed by atoms with Crippen LogP contribution in [0.1, 0.15) is 13.3 Å². The van der Waals surface area contributed by atoms with Gasteiger partial charge in [0.15, 0.2) is 0 Å². The van der Waals surface area contributed by atoms with E-state index >= 15 is 0 Å². The zero-order valence-corrected chi connectivity index (χ0v) is 8.14. The first kappa shape index (κ1) is 8.48. The predicted octanol–water partition coefficient (Wildman–Crippen LogP) is 0.732. The molecule has 0 heterocycles. The van der Waals surface area contributed by atoms with Crippen molar-refractivity contribution in [3.8, 4) is 0 Å². The molecule has 3 aliphatic carbocycles. The fraction of sp³-hybridized carbons (Fsp3) is 0.727. The normalized spacial score (nSPS) is 51.9. The van der Waals surface area contributed by atoms with E-state index in [4.69, 9.17) is 4.74 Å². The van der Waals surface area contributed by atoms with Gasteiger partial charge in [-0.25, -0.2) is 0 Å². The summed E-state index contributed by atoms with van der Waals surface area (Å²) >= 11 is 0. The first-order valence-corrected chi connectivity index (χ1v) is 5.25. The molecule has 3 rings (SSSR count). The van der Waals surface area contributed by atoms with Crippen molar-refractivity contribution in [1.29, 1.82) is 0 Å². The maximum atomic E-state index is 11.6. The molecule has 3 heteroatoms. The quantitative estimate of drug-likeness (QED) is 0.520. The highest BCUT2D eigenvalue weighted by Gasteiger charge is 2.73. The zero-order chi connectivity index (χ0) is 9.92. The van der Waals surface area contributed by atoms with Crippen LogP contribution in [-0.2, 0) is 9.53 Å². The van der Waals surface area contributed by atoms with Crippen LogP contribution in [0.4, 0.5) is 0 Å². The lowest BCUT2D eigenvalue weighted by Crippen LogP contribution is -2.35. The van der Waals surface area contributed by atoms with Gasteiger partial charge in [-0.15, -0.1) is 0 Å². The van der Waals surface area contributed by atoms with Crippen LogP contribution in [0.3, 0.4) is 0 Å². The fourth-order valence-corrected chi connectivity index (χ4v) is 3.23. The van der Waals surface area contributed by atoms with E-state index in [1.165, 1.54) is 0 Å². The van der Waals surface area contributed by atoms with Crippen molar-refractivity contribution in [2.75, 3.05) is 6.61 Å². The lowest BCUT2D eigenvalue weighted by Gasteiger charge is -2.30. The van der Waals surface area contributed by atoms with Gasteiger partial charge in [0.2, 0.25) is 0 Å². The number of allylic oxidation sites excluding steroid dienone is 2. The van der Waals surface area contributed by atoms with Crippen molar-refractivity contribution in [2.45, 2.75) is 19.4 Å². The van der Waals surface area contributed by atoms with E-state index in [9.17, 15) is 9.90 Å². The summed E-state index contributed by atoms with van der Waals surface area (Å²) in [5, 5.41) is 9.93. The van der Waals surface area contributed by atoms with Crippen LogP contribution < -0.4 is 0 Å². The first-order valence-electron chi connectivity index (χ1n) is 5.25. The summed E-state index contributed by atoms with van der Waals surface area (Å²) in [7, 11) is 0. The summed E-state index contributed by atoms with van der Waals surface area (Å²) in [4.78, 5) is 11.6. The van der Waals surface area contributed by atoms with Crippen LogP contribution in [0.2, 0.25) is 0 Å². The van der Waals surface area contributed by atoms with E-state index < -0.39 is 6.10 Å². The first-order chi connectivity index (χ1) is 6.70. The largest absolute Gasteiger partial charge is 0.466 e. The van der Waals surface area contributed by atoms with Crippen LogP contribution in [0.15, 0.2) is 12.2 Å².